The van der Waals surface area contributed by atoms with Gasteiger partial charge in [0.2, 0.25) is 0 Å². The molecule has 1 N–H and O–H groups in total. The second-order valence-corrected chi connectivity index (χ2v) is 5.85. The highest BCUT2D eigenvalue weighted by atomic mass is 35.5. The van der Waals surface area contributed by atoms with Crippen LogP contribution in [0.1, 0.15) is 24.2 Å². The van der Waals surface area contributed by atoms with Gasteiger partial charge in [-0.1, -0.05) is 16.8 Å². The van der Waals surface area contributed by atoms with E-state index in [4.69, 9.17) is 16.3 Å². The van der Waals surface area contributed by atoms with Gasteiger partial charge in [0.1, 0.15) is 5.52 Å². The molecule has 0 radical (unpaired) electrons. The van der Waals surface area contributed by atoms with Crippen LogP contribution in [0.25, 0.3) is 11.0 Å². The zero-order valence-corrected chi connectivity index (χ0v) is 14.9. The standard InChI is InChI=1S/C17H16ClN5O3/c1-3-23-14-7-6-11(9-13(14)21-22-23)17(25)26-10(2)16(24)20-12-5-4-8-19-15(12)18/h4-10H,3H2,1-2H3,(H,20,24)/t10-/m1/s1. The summed E-state index contributed by atoms with van der Waals surface area (Å²) in [5, 5.41) is 10.7. The van der Waals surface area contributed by atoms with Gasteiger partial charge in [0.05, 0.1) is 16.8 Å². The molecule has 3 aromatic rings. The molecule has 26 heavy (non-hydrogen) atoms. The maximum atomic E-state index is 12.3. The van der Waals surface area contributed by atoms with Crippen LogP contribution >= 0.6 is 11.6 Å². The molecule has 0 aliphatic carbocycles. The Morgan fingerprint density at radius 3 is 2.88 bits per heavy atom. The monoisotopic (exact) mass is 373 g/mol. The molecule has 0 fully saturated rings. The first kappa shape index (κ1) is 17.8. The second-order valence-electron chi connectivity index (χ2n) is 5.49. The molecular formula is C17H16ClN5O3. The Balaban J connectivity index is 1.68. The van der Waals surface area contributed by atoms with Crippen molar-refractivity contribution in [3.8, 4) is 0 Å². The first-order valence-electron chi connectivity index (χ1n) is 7.95. The summed E-state index contributed by atoms with van der Waals surface area (Å²) in [6, 6.07) is 8.18. The van der Waals surface area contributed by atoms with Crippen molar-refractivity contribution in [2.24, 2.45) is 0 Å². The number of aryl methyl sites for hydroxylation is 1. The maximum Gasteiger partial charge on any atom is 0.338 e. The predicted molar refractivity (Wildman–Crippen MR) is 96.0 cm³/mol. The Morgan fingerprint density at radius 1 is 1.35 bits per heavy atom. The van der Waals surface area contributed by atoms with Gasteiger partial charge < -0.3 is 10.1 Å². The zero-order valence-electron chi connectivity index (χ0n) is 14.1. The molecule has 3 rings (SSSR count). The number of nitrogens with one attached hydrogen (secondary N) is 1. The molecule has 0 aliphatic heterocycles. The molecule has 2 aromatic heterocycles. The Labute approximate surface area is 154 Å². The van der Waals surface area contributed by atoms with Gasteiger partial charge >= 0.3 is 5.97 Å². The van der Waals surface area contributed by atoms with Crippen LogP contribution in [0.3, 0.4) is 0 Å². The van der Waals surface area contributed by atoms with E-state index in [1.807, 2.05) is 6.92 Å². The summed E-state index contributed by atoms with van der Waals surface area (Å²) in [4.78, 5) is 28.4. The van der Waals surface area contributed by atoms with E-state index in [9.17, 15) is 9.59 Å². The van der Waals surface area contributed by atoms with Crippen molar-refractivity contribution in [3.63, 3.8) is 0 Å². The number of rotatable bonds is 5. The van der Waals surface area contributed by atoms with Crippen molar-refractivity contribution in [2.45, 2.75) is 26.5 Å². The van der Waals surface area contributed by atoms with Crippen molar-refractivity contribution >= 4 is 40.2 Å². The van der Waals surface area contributed by atoms with Crippen molar-refractivity contribution in [1.82, 2.24) is 20.0 Å². The number of anilines is 1. The molecule has 0 saturated carbocycles. The van der Waals surface area contributed by atoms with Crippen LogP contribution in [-0.4, -0.2) is 38.0 Å². The average molecular weight is 374 g/mol. The largest absolute Gasteiger partial charge is 0.449 e. The number of hydrogen-bond donors (Lipinski definition) is 1. The van der Waals surface area contributed by atoms with Crippen molar-refractivity contribution in [1.29, 1.82) is 0 Å². The van der Waals surface area contributed by atoms with E-state index in [2.05, 4.69) is 20.6 Å². The second kappa shape index (κ2) is 7.49. The number of amides is 1. The van der Waals surface area contributed by atoms with Crippen LogP contribution in [0.2, 0.25) is 5.15 Å². The summed E-state index contributed by atoms with van der Waals surface area (Å²) in [6.07, 6.45) is 0.493. The topological polar surface area (TPSA) is 99.0 Å². The number of aromatic nitrogens is 4. The summed E-state index contributed by atoms with van der Waals surface area (Å²) < 4.78 is 6.94. The number of esters is 1. The zero-order chi connectivity index (χ0) is 18.7. The van der Waals surface area contributed by atoms with Gasteiger partial charge in [0.25, 0.3) is 5.91 Å². The molecule has 0 spiro atoms. The number of ether oxygens (including phenoxy) is 1. The van der Waals surface area contributed by atoms with Crippen molar-refractivity contribution < 1.29 is 14.3 Å². The van der Waals surface area contributed by atoms with E-state index in [0.29, 0.717) is 23.3 Å². The molecule has 9 heteroatoms. The van der Waals surface area contributed by atoms with Crippen LogP contribution in [0.5, 0.6) is 0 Å². The number of benzene rings is 1. The Bertz CT molecular complexity index is 972. The Kier molecular flexibility index (Phi) is 5.13. The summed E-state index contributed by atoms with van der Waals surface area (Å²) >= 11 is 5.90. The fraction of sp³-hybridized carbons (Fsp3) is 0.235. The van der Waals surface area contributed by atoms with Gasteiger partial charge in [-0.05, 0) is 44.2 Å². The van der Waals surface area contributed by atoms with E-state index >= 15 is 0 Å². The fourth-order valence-corrected chi connectivity index (χ4v) is 2.50. The molecule has 1 aromatic carbocycles. The average Bonchev–Trinajstić information content (AvgIpc) is 3.05. The fourth-order valence-electron chi connectivity index (χ4n) is 2.33. The number of hydrogen-bond acceptors (Lipinski definition) is 6. The summed E-state index contributed by atoms with van der Waals surface area (Å²) in [5.41, 5.74) is 2.04. The molecule has 0 saturated heterocycles. The molecule has 0 unspecified atom stereocenters. The first-order valence-corrected chi connectivity index (χ1v) is 8.33. The maximum absolute atomic E-state index is 12.3. The van der Waals surface area contributed by atoms with E-state index in [-0.39, 0.29) is 5.15 Å². The van der Waals surface area contributed by atoms with Crippen LogP contribution < -0.4 is 5.32 Å². The SMILES string of the molecule is CCn1nnc2cc(C(=O)O[C@H](C)C(=O)Nc3cccnc3Cl)ccc21. The molecule has 8 nitrogen and oxygen atoms in total. The number of fused-ring (bicyclic) bond motifs is 1. The smallest absolute Gasteiger partial charge is 0.338 e. The third-order valence-electron chi connectivity index (χ3n) is 3.72. The summed E-state index contributed by atoms with van der Waals surface area (Å²) in [7, 11) is 0. The molecule has 0 aliphatic rings. The van der Waals surface area contributed by atoms with Gasteiger partial charge in [-0.3, -0.25) is 4.79 Å². The normalized spacial score (nSPS) is 12.0. The number of pyridine rings is 1. The van der Waals surface area contributed by atoms with Crippen LogP contribution in [-0.2, 0) is 16.1 Å². The van der Waals surface area contributed by atoms with Crippen LogP contribution in [0, 0.1) is 0 Å². The van der Waals surface area contributed by atoms with Crippen molar-refractivity contribution in [3.05, 3.63) is 47.2 Å². The van der Waals surface area contributed by atoms with Crippen molar-refractivity contribution in [2.75, 3.05) is 5.32 Å². The van der Waals surface area contributed by atoms with E-state index in [0.717, 1.165) is 5.52 Å². The molecular weight excluding hydrogens is 358 g/mol. The lowest BCUT2D eigenvalue weighted by Gasteiger charge is -2.14. The third-order valence-corrected chi connectivity index (χ3v) is 4.02. The van der Waals surface area contributed by atoms with Gasteiger partial charge in [0, 0.05) is 12.7 Å². The molecule has 1 atom stereocenters. The molecule has 0 bridgehead atoms. The highest BCUT2D eigenvalue weighted by Gasteiger charge is 2.20. The van der Waals surface area contributed by atoms with Crippen LogP contribution in [0.15, 0.2) is 36.5 Å². The highest BCUT2D eigenvalue weighted by Crippen LogP contribution is 2.18. The first-order chi connectivity index (χ1) is 12.5. The Hall–Kier alpha value is -3.00. The van der Waals surface area contributed by atoms with Crippen LogP contribution in [0.4, 0.5) is 5.69 Å². The number of halogens is 1. The summed E-state index contributed by atoms with van der Waals surface area (Å²) in [5.74, 6) is -1.14. The molecule has 2 heterocycles. The molecule has 134 valence electrons. The van der Waals surface area contributed by atoms with Gasteiger partial charge in [0.15, 0.2) is 11.3 Å². The predicted octanol–water partition coefficient (Wildman–Crippen LogP) is 2.68. The van der Waals surface area contributed by atoms with Gasteiger partial charge in [-0.2, -0.15) is 0 Å². The number of nitrogens with zero attached hydrogens (tertiary/aromatic N) is 4. The minimum Gasteiger partial charge on any atom is -0.449 e. The third kappa shape index (κ3) is 3.65. The lowest BCUT2D eigenvalue weighted by Crippen LogP contribution is -2.30. The Morgan fingerprint density at radius 2 is 2.15 bits per heavy atom. The van der Waals surface area contributed by atoms with Gasteiger partial charge in [-0.15, -0.1) is 5.10 Å². The van der Waals surface area contributed by atoms with E-state index in [1.165, 1.54) is 13.1 Å². The summed E-state index contributed by atoms with van der Waals surface area (Å²) in [6.45, 7) is 4.10. The lowest BCUT2D eigenvalue weighted by molar-refractivity contribution is -0.123. The highest BCUT2D eigenvalue weighted by molar-refractivity contribution is 6.32. The minimum atomic E-state index is -1.01. The quantitative estimate of drug-likeness (QED) is 0.545. The van der Waals surface area contributed by atoms with E-state index in [1.54, 1.807) is 35.0 Å². The molecule has 1 amide bonds. The van der Waals surface area contributed by atoms with Gasteiger partial charge in [-0.25, -0.2) is 14.5 Å². The number of carbonyl (C=O) groups is 2. The lowest BCUT2D eigenvalue weighted by atomic mass is 10.2. The van der Waals surface area contributed by atoms with E-state index < -0.39 is 18.0 Å². The number of carbonyl (C=O) groups excluding carboxylic acids is 2. The minimum absolute atomic E-state index is 0.156.